The van der Waals surface area contributed by atoms with Gasteiger partial charge in [-0.25, -0.2) is 0 Å². The van der Waals surface area contributed by atoms with Gasteiger partial charge < -0.3 is 25.4 Å². The number of ether oxygens (including phenoxy) is 2. The highest BCUT2D eigenvalue weighted by atomic mass is 32.2. The van der Waals surface area contributed by atoms with E-state index in [1.165, 1.54) is 26.0 Å². The van der Waals surface area contributed by atoms with E-state index in [0.29, 0.717) is 28.3 Å². The lowest BCUT2D eigenvalue weighted by atomic mass is 10.1. The van der Waals surface area contributed by atoms with E-state index in [4.69, 9.17) is 9.47 Å². The van der Waals surface area contributed by atoms with Crippen molar-refractivity contribution in [2.75, 3.05) is 24.9 Å². The van der Waals surface area contributed by atoms with E-state index in [1.807, 2.05) is 67.6 Å². The first-order valence-corrected chi connectivity index (χ1v) is 15.4. The Balaban J connectivity index is 1.26. The van der Waals surface area contributed by atoms with E-state index >= 15 is 0 Å². The molecule has 1 atom stereocenters. The van der Waals surface area contributed by atoms with Gasteiger partial charge in [0.15, 0.2) is 11.5 Å². The smallest absolute Gasteiger partial charge is 0.272 e. The van der Waals surface area contributed by atoms with Crippen LogP contribution in [0.5, 0.6) is 11.5 Å². The lowest BCUT2D eigenvalue weighted by Crippen LogP contribution is -2.30. The van der Waals surface area contributed by atoms with Crippen LogP contribution in [0.4, 0.5) is 11.4 Å². The standard InChI is InChI=1S/C37H33N3O5S/c1-24(35(41)39-30-15-14-26-9-7-8-12-28(26)23-30)46-31-18-16-29(17-19-31)38-37(43)32(40-36(42)27-10-5-4-6-11-27)21-25-13-20-33(44-2)34(22-25)45-3/h4-24H,1-3H3,(H,38,43)(H,39,41)(H,40,42)/b32-21-. The van der Waals surface area contributed by atoms with E-state index in [2.05, 4.69) is 16.0 Å². The van der Waals surface area contributed by atoms with E-state index in [9.17, 15) is 14.4 Å². The van der Waals surface area contributed by atoms with Gasteiger partial charge in [-0.3, -0.25) is 14.4 Å². The minimum absolute atomic E-state index is 0.0403. The van der Waals surface area contributed by atoms with Crippen molar-refractivity contribution in [1.29, 1.82) is 0 Å². The van der Waals surface area contributed by atoms with E-state index < -0.39 is 11.8 Å². The number of carbonyl (C=O) groups is 3. The molecular weight excluding hydrogens is 598 g/mol. The van der Waals surface area contributed by atoms with Gasteiger partial charge in [0.05, 0.1) is 19.5 Å². The van der Waals surface area contributed by atoms with Gasteiger partial charge in [-0.15, -0.1) is 11.8 Å². The molecule has 0 aromatic heterocycles. The Bertz CT molecular complexity index is 1890. The molecule has 0 bridgehead atoms. The number of hydrogen-bond donors (Lipinski definition) is 3. The van der Waals surface area contributed by atoms with Crippen molar-refractivity contribution in [3.63, 3.8) is 0 Å². The fourth-order valence-corrected chi connectivity index (χ4v) is 5.50. The van der Waals surface area contributed by atoms with Gasteiger partial charge >= 0.3 is 0 Å². The molecule has 5 aromatic carbocycles. The number of fused-ring (bicyclic) bond motifs is 1. The lowest BCUT2D eigenvalue weighted by Gasteiger charge is -2.14. The molecule has 0 saturated carbocycles. The van der Waals surface area contributed by atoms with Gasteiger partial charge in [-0.1, -0.05) is 54.6 Å². The average Bonchev–Trinajstić information content (AvgIpc) is 3.08. The molecule has 0 heterocycles. The van der Waals surface area contributed by atoms with Crippen molar-refractivity contribution in [3.8, 4) is 11.5 Å². The molecule has 0 aliphatic heterocycles. The Morgan fingerprint density at radius 2 is 1.37 bits per heavy atom. The summed E-state index contributed by atoms with van der Waals surface area (Å²) in [5.41, 5.74) is 2.34. The molecule has 5 aromatic rings. The summed E-state index contributed by atoms with van der Waals surface area (Å²) in [5.74, 6) is -0.0272. The number of amides is 3. The Morgan fingerprint density at radius 1 is 0.696 bits per heavy atom. The third-order valence-electron chi connectivity index (χ3n) is 7.06. The average molecular weight is 632 g/mol. The topological polar surface area (TPSA) is 106 Å². The molecule has 3 amide bonds. The normalized spacial score (nSPS) is 11.8. The second-order valence-electron chi connectivity index (χ2n) is 10.3. The van der Waals surface area contributed by atoms with E-state index in [-0.39, 0.29) is 16.9 Å². The third-order valence-corrected chi connectivity index (χ3v) is 8.17. The summed E-state index contributed by atoms with van der Waals surface area (Å²) in [6.07, 6.45) is 1.57. The number of rotatable bonds is 11. The quantitative estimate of drug-likeness (QED) is 0.104. The molecule has 0 spiro atoms. The predicted octanol–water partition coefficient (Wildman–Crippen LogP) is 7.39. The number of anilines is 2. The summed E-state index contributed by atoms with van der Waals surface area (Å²) < 4.78 is 10.7. The van der Waals surface area contributed by atoms with Crippen LogP contribution in [0.2, 0.25) is 0 Å². The summed E-state index contributed by atoms with van der Waals surface area (Å²) in [6.45, 7) is 1.84. The summed E-state index contributed by atoms with van der Waals surface area (Å²) in [6, 6.07) is 34.8. The van der Waals surface area contributed by atoms with Crippen LogP contribution in [0.3, 0.4) is 0 Å². The summed E-state index contributed by atoms with van der Waals surface area (Å²) >= 11 is 1.41. The van der Waals surface area contributed by atoms with Gasteiger partial charge in [0.2, 0.25) is 5.91 Å². The molecule has 1 unspecified atom stereocenters. The van der Waals surface area contributed by atoms with Gasteiger partial charge in [0.1, 0.15) is 5.70 Å². The number of methoxy groups -OCH3 is 2. The molecule has 0 aliphatic carbocycles. The van der Waals surface area contributed by atoms with Gasteiger partial charge in [0, 0.05) is 21.8 Å². The number of benzene rings is 5. The first-order valence-electron chi connectivity index (χ1n) is 14.5. The molecule has 8 nitrogen and oxygen atoms in total. The van der Waals surface area contributed by atoms with Crippen molar-refractivity contribution in [2.24, 2.45) is 0 Å². The van der Waals surface area contributed by atoms with Crippen molar-refractivity contribution in [2.45, 2.75) is 17.1 Å². The molecule has 5 rings (SSSR count). The molecule has 232 valence electrons. The first kappa shape index (κ1) is 31.9. The Labute approximate surface area is 271 Å². The van der Waals surface area contributed by atoms with Crippen LogP contribution in [0.1, 0.15) is 22.8 Å². The second kappa shape index (κ2) is 15.0. The summed E-state index contributed by atoms with van der Waals surface area (Å²) in [5, 5.41) is 10.4. The number of thioether (sulfide) groups is 1. The van der Waals surface area contributed by atoms with Crippen LogP contribution in [-0.4, -0.2) is 37.2 Å². The highest BCUT2D eigenvalue weighted by Gasteiger charge is 2.17. The van der Waals surface area contributed by atoms with E-state index in [0.717, 1.165) is 21.4 Å². The fraction of sp³-hybridized carbons (Fsp3) is 0.108. The molecule has 0 radical (unpaired) electrons. The van der Waals surface area contributed by atoms with Gasteiger partial charge in [-0.2, -0.15) is 0 Å². The Morgan fingerprint density at radius 3 is 2.09 bits per heavy atom. The Hall–Kier alpha value is -5.54. The highest BCUT2D eigenvalue weighted by Crippen LogP contribution is 2.29. The zero-order chi connectivity index (χ0) is 32.5. The van der Waals surface area contributed by atoms with Crippen molar-refractivity contribution in [1.82, 2.24) is 5.32 Å². The minimum atomic E-state index is -0.511. The molecule has 0 aliphatic rings. The highest BCUT2D eigenvalue weighted by molar-refractivity contribution is 8.00. The summed E-state index contributed by atoms with van der Waals surface area (Å²) in [4.78, 5) is 40.2. The largest absolute Gasteiger partial charge is 0.493 e. The zero-order valence-electron chi connectivity index (χ0n) is 25.6. The Kier molecular flexibility index (Phi) is 10.4. The van der Waals surface area contributed by atoms with Crippen LogP contribution in [-0.2, 0) is 9.59 Å². The maximum atomic E-state index is 13.5. The molecule has 0 fully saturated rings. The molecular formula is C37H33N3O5S. The van der Waals surface area contributed by atoms with Crippen LogP contribution in [0.25, 0.3) is 16.8 Å². The van der Waals surface area contributed by atoms with E-state index in [1.54, 1.807) is 60.7 Å². The van der Waals surface area contributed by atoms with Gasteiger partial charge in [0.25, 0.3) is 11.8 Å². The zero-order valence-corrected chi connectivity index (χ0v) is 26.4. The first-order chi connectivity index (χ1) is 22.3. The molecule has 46 heavy (non-hydrogen) atoms. The molecule has 0 saturated heterocycles. The van der Waals surface area contributed by atoms with Crippen molar-refractivity contribution >= 4 is 57.7 Å². The van der Waals surface area contributed by atoms with Crippen LogP contribution in [0, 0.1) is 0 Å². The van der Waals surface area contributed by atoms with Crippen LogP contribution < -0.4 is 25.4 Å². The van der Waals surface area contributed by atoms with Crippen molar-refractivity contribution < 1.29 is 23.9 Å². The number of hydrogen-bond acceptors (Lipinski definition) is 6. The summed E-state index contributed by atoms with van der Waals surface area (Å²) in [7, 11) is 3.06. The van der Waals surface area contributed by atoms with Gasteiger partial charge in [-0.05, 0) is 90.0 Å². The maximum absolute atomic E-state index is 13.5. The van der Waals surface area contributed by atoms with Crippen molar-refractivity contribution in [3.05, 3.63) is 132 Å². The number of carbonyl (C=O) groups excluding carboxylic acids is 3. The molecule has 9 heteroatoms. The maximum Gasteiger partial charge on any atom is 0.272 e. The van der Waals surface area contributed by atoms with Crippen LogP contribution >= 0.6 is 11.8 Å². The lowest BCUT2D eigenvalue weighted by molar-refractivity contribution is -0.115. The van der Waals surface area contributed by atoms with Crippen LogP contribution in [0.15, 0.2) is 126 Å². The third kappa shape index (κ3) is 8.13. The minimum Gasteiger partial charge on any atom is -0.493 e. The SMILES string of the molecule is COc1ccc(/C=C(\NC(=O)c2ccccc2)C(=O)Nc2ccc(SC(C)C(=O)Nc3ccc4ccccc4c3)cc2)cc1OC. The second-order valence-corrected chi connectivity index (χ2v) is 11.7. The monoisotopic (exact) mass is 631 g/mol. The molecule has 3 N–H and O–H groups in total. The fourth-order valence-electron chi connectivity index (χ4n) is 4.64. The predicted molar refractivity (Wildman–Crippen MR) is 184 cm³/mol. The number of nitrogens with one attached hydrogen (secondary N) is 3.